The Morgan fingerprint density at radius 1 is 1.33 bits per heavy atom. The molecule has 0 spiro atoms. The molecule has 1 saturated heterocycles. The average Bonchev–Trinajstić information content (AvgIpc) is 2.46. The van der Waals surface area contributed by atoms with E-state index in [0.29, 0.717) is 25.3 Å². The number of ether oxygens (including phenoxy) is 1. The second kappa shape index (κ2) is 6.72. The number of carbonyl (C=O) groups is 2. The van der Waals surface area contributed by atoms with Crippen molar-refractivity contribution in [3.8, 4) is 0 Å². The number of morpholine rings is 1. The minimum absolute atomic E-state index is 0.0800. The van der Waals surface area contributed by atoms with Gasteiger partial charge in [0.2, 0.25) is 0 Å². The maximum Gasteiger partial charge on any atom is 0.335 e. The van der Waals surface area contributed by atoms with Gasteiger partial charge in [-0.1, -0.05) is 13.3 Å². The van der Waals surface area contributed by atoms with E-state index >= 15 is 0 Å². The molecule has 1 amide bonds. The van der Waals surface area contributed by atoms with E-state index in [4.69, 9.17) is 9.84 Å². The van der Waals surface area contributed by atoms with Gasteiger partial charge in [0.05, 0.1) is 18.3 Å². The maximum absolute atomic E-state index is 12.6. The van der Waals surface area contributed by atoms with Crippen LogP contribution in [-0.2, 0) is 4.74 Å². The Labute approximate surface area is 124 Å². The third-order valence-corrected chi connectivity index (χ3v) is 3.61. The zero-order valence-corrected chi connectivity index (χ0v) is 12.5. The van der Waals surface area contributed by atoms with Crippen molar-refractivity contribution in [2.75, 3.05) is 19.7 Å². The summed E-state index contributed by atoms with van der Waals surface area (Å²) in [6, 6.07) is 4.75. The van der Waals surface area contributed by atoms with Crippen molar-refractivity contribution in [3.05, 3.63) is 34.9 Å². The highest BCUT2D eigenvalue weighted by atomic mass is 16.5. The lowest BCUT2D eigenvalue weighted by atomic mass is 10.0. The summed E-state index contributed by atoms with van der Waals surface area (Å²) in [6.07, 6.45) is 2.02. The SMILES string of the molecule is CCCC1CN(C(=O)c2cc(C)cc(C(=O)O)c2)CCO1. The van der Waals surface area contributed by atoms with E-state index in [-0.39, 0.29) is 17.6 Å². The third kappa shape index (κ3) is 3.82. The van der Waals surface area contributed by atoms with Gasteiger partial charge in [-0.05, 0) is 37.1 Å². The Bertz CT molecular complexity index is 539. The van der Waals surface area contributed by atoms with Gasteiger partial charge in [0, 0.05) is 18.7 Å². The summed E-state index contributed by atoms with van der Waals surface area (Å²) in [7, 11) is 0. The molecule has 1 unspecified atom stereocenters. The van der Waals surface area contributed by atoms with Crippen LogP contribution in [0.15, 0.2) is 18.2 Å². The average molecular weight is 291 g/mol. The first-order chi connectivity index (χ1) is 10.0. The predicted octanol–water partition coefficient (Wildman–Crippen LogP) is 2.33. The van der Waals surface area contributed by atoms with Crippen LogP contribution in [0.5, 0.6) is 0 Å². The van der Waals surface area contributed by atoms with Gasteiger partial charge in [0.25, 0.3) is 5.91 Å². The molecule has 1 fully saturated rings. The molecule has 1 aliphatic rings. The first-order valence-electron chi connectivity index (χ1n) is 7.27. The van der Waals surface area contributed by atoms with E-state index in [9.17, 15) is 9.59 Å². The molecular formula is C16H21NO4. The summed E-state index contributed by atoms with van der Waals surface area (Å²) < 4.78 is 5.63. The highest BCUT2D eigenvalue weighted by Crippen LogP contribution is 2.16. The monoisotopic (exact) mass is 291 g/mol. The van der Waals surface area contributed by atoms with Crippen molar-refractivity contribution in [1.29, 1.82) is 0 Å². The molecule has 1 heterocycles. The molecule has 0 bridgehead atoms. The Hall–Kier alpha value is -1.88. The lowest BCUT2D eigenvalue weighted by Gasteiger charge is -2.33. The molecule has 1 aliphatic heterocycles. The molecule has 114 valence electrons. The largest absolute Gasteiger partial charge is 0.478 e. The van der Waals surface area contributed by atoms with Crippen LogP contribution in [0.1, 0.15) is 46.0 Å². The summed E-state index contributed by atoms with van der Waals surface area (Å²) in [5.41, 5.74) is 1.36. The third-order valence-electron chi connectivity index (χ3n) is 3.61. The van der Waals surface area contributed by atoms with Crippen molar-refractivity contribution >= 4 is 11.9 Å². The summed E-state index contributed by atoms with van der Waals surface area (Å²) in [6.45, 7) is 5.54. The van der Waals surface area contributed by atoms with Gasteiger partial charge in [-0.3, -0.25) is 4.79 Å². The Morgan fingerprint density at radius 3 is 2.71 bits per heavy atom. The van der Waals surface area contributed by atoms with Gasteiger partial charge in [-0.2, -0.15) is 0 Å². The van der Waals surface area contributed by atoms with Gasteiger partial charge < -0.3 is 14.7 Å². The zero-order chi connectivity index (χ0) is 15.4. The van der Waals surface area contributed by atoms with Crippen molar-refractivity contribution in [1.82, 2.24) is 4.90 Å². The number of nitrogens with zero attached hydrogens (tertiary/aromatic N) is 1. The Kier molecular flexibility index (Phi) is 4.96. The summed E-state index contributed by atoms with van der Waals surface area (Å²) >= 11 is 0. The summed E-state index contributed by atoms with van der Waals surface area (Å²) in [5.74, 6) is -1.14. The van der Waals surface area contributed by atoms with Crippen LogP contribution in [0.4, 0.5) is 0 Å². The molecule has 1 aromatic carbocycles. The highest BCUT2D eigenvalue weighted by Gasteiger charge is 2.25. The first-order valence-corrected chi connectivity index (χ1v) is 7.27. The number of aryl methyl sites for hydroxylation is 1. The Balaban J connectivity index is 2.17. The molecule has 2 rings (SSSR count). The van der Waals surface area contributed by atoms with E-state index in [0.717, 1.165) is 18.4 Å². The zero-order valence-electron chi connectivity index (χ0n) is 12.5. The molecule has 1 aromatic rings. The lowest BCUT2D eigenvalue weighted by molar-refractivity contribution is -0.0250. The van der Waals surface area contributed by atoms with Crippen molar-refractivity contribution < 1.29 is 19.4 Å². The molecule has 0 aliphatic carbocycles. The molecule has 21 heavy (non-hydrogen) atoms. The second-order valence-electron chi connectivity index (χ2n) is 5.43. The lowest BCUT2D eigenvalue weighted by Crippen LogP contribution is -2.45. The van der Waals surface area contributed by atoms with Crippen molar-refractivity contribution in [3.63, 3.8) is 0 Å². The fourth-order valence-electron chi connectivity index (χ4n) is 2.61. The molecule has 1 atom stereocenters. The van der Waals surface area contributed by atoms with E-state index < -0.39 is 5.97 Å². The normalized spacial score (nSPS) is 18.6. The van der Waals surface area contributed by atoms with E-state index in [2.05, 4.69) is 6.92 Å². The summed E-state index contributed by atoms with van der Waals surface area (Å²) in [5, 5.41) is 9.09. The molecule has 0 aromatic heterocycles. The standard InChI is InChI=1S/C16H21NO4/c1-3-4-14-10-17(5-6-21-14)15(18)12-7-11(2)8-13(9-12)16(19)20/h7-9,14H,3-6,10H2,1-2H3,(H,19,20). The molecule has 1 N–H and O–H groups in total. The van der Waals surface area contributed by atoms with E-state index in [1.54, 1.807) is 24.0 Å². The molecule has 0 saturated carbocycles. The van der Waals surface area contributed by atoms with Gasteiger partial charge in [-0.25, -0.2) is 4.79 Å². The van der Waals surface area contributed by atoms with E-state index in [1.807, 2.05) is 0 Å². The number of carboxylic acids is 1. The smallest absolute Gasteiger partial charge is 0.335 e. The highest BCUT2D eigenvalue weighted by molar-refractivity contribution is 5.97. The predicted molar refractivity (Wildman–Crippen MR) is 78.7 cm³/mol. The van der Waals surface area contributed by atoms with Crippen LogP contribution < -0.4 is 0 Å². The van der Waals surface area contributed by atoms with Crippen LogP contribution in [-0.4, -0.2) is 47.7 Å². The van der Waals surface area contributed by atoms with Crippen molar-refractivity contribution in [2.45, 2.75) is 32.8 Å². The molecule has 0 radical (unpaired) electrons. The minimum Gasteiger partial charge on any atom is -0.478 e. The number of carbonyl (C=O) groups excluding carboxylic acids is 1. The van der Waals surface area contributed by atoms with Crippen molar-refractivity contribution in [2.24, 2.45) is 0 Å². The number of rotatable bonds is 4. The first kappa shape index (κ1) is 15.5. The van der Waals surface area contributed by atoms with Crippen LogP contribution in [0, 0.1) is 6.92 Å². The molecule has 5 nitrogen and oxygen atoms in total. The van der Waals surface area contributed by atoms with Gasteiger partial charge >= 0.3 is 5.97 Å². The number of hydrogen-bond acceptors (Lipinski definition) is 3. The van der Waals surface area contributed by atoms with Crippen LogP contribution in [0.3, 0.4) is 0 Å². The molecular weight excluding hydrogens is 270 g/mol. The molecule has 5 heteroatoms. The number of aromatic carboxylic acids is 1. The number of amides is 1. The number of benzene rings is 1. The van der Waals surface area contributed by atoms with Crippen LogP contribution in [0.2, 0.25) is 0 Å². The fraction of sp³-hybridized carbons (Fsp3) is 0.500. The summed E-state index contributed by atoms with van der Waals surface area (Å²) in [4.78, 5) is 25.4. The number of carboxylic acid groups (broad SMARTS) is 1. The van der Waals surface area contributed by atoms with Gasteiger partial charge in [0.15, 0.2) is 0 Å². The van der Waals surface area contributed by atoms with Gasteiger partial charge in [0.1, 0.15) is 0 Å². The topological polar surface area (TPSA) is 66.8 Å². The van der Waals surface area contributed by atoms with Crippen LogP contribution >= 0.6 is 0 Å². The fourth-order valence-corrected chi connectivity index (χ4v) is 2.61. The second-order valence-corrected chi connectivity index (χ2v) is 5.43. The Morgan fingerprint density at radius 2 is 2.05 bits per heavy atom. The van der Waals surface area contributed by atoms with Crippen LogP contribution in [0.25, 0.3) is 0 Å². The number of hydrogen-bond donors (Lipinski definition) is 1. The quantitative estimate of drug-likeness (QED) is 0.924. The van der Waals surface area contributed by atoms with Gasteiger partial charge in [-0.15, -0.1) is 0 Å². The van der Waals surface area contributed by atoms with E-state index in [1.165, 1.54) is 6.07 Å². The maximum atomic E-state index is 12.6. The minimum atomic E-state index is -1.02.